The zero-order valence-corrected chi connectivity index (χ0v) is 20.8. The molecule has 1 aromatic carbocycles. The first-order chi connectivity index (χ1) is 17.3. The van der Waals surface area contributed by atoms with Gasteiger partial charge in [-0.2, -0.15) is 5.26 Å². The Kier molecular flexibility index (Phi) is 6.06. The largest absolute Gasteiger partial charge is 0.364 e. The van der Waals surface area contributed by atoms with Gasteiger partial charge in [0.1, 0.15) is 28.9 Å². The van der Waals surface area contributed by atoms with Crippen LogP contribution in [0.1, 0.15) is 37.0 Å². The van der Waals surface area contributed by atoms with E-state index in [0.29, 0.717) is 29.8 Å². The Labute approximate surface area is 208 Å². The molecule has 9 heteroatoms. The SMILES string of the molecule is C[C@@H]1CN(c2cc(=O)n(C)c3ccc(C#N)nc23)[C@@H](C)CN1C(c1ccc(F)cc1)c1nccn1C. The molecule has 1 aliphatic heterocycles. The summed E-state index contributed by atoms with van der Waals surface area (Å²) in [7, 11) is 3.68. The lowest BCUT2D eigenvalue weighted by Gasteiger charge is -2.48. The van der Waals surface area contributed by atoms with Gasteiger partial charge in [-0.15, -0.1) is 0 Å². The van der Waals surface area contributed by atoms with Gasteiger partial charge in [0, 0.05) is 57.7 Å². The highest BCUT2D eigenvalue weighted by Gasteiger charge is 2.37. The second-order valence-electron chi connectivity index (χ2n) is 9.50. The van der Waals surface area contributed by atoms with E-state index in [9.17, 15) is 14.4 Å². The molecule has 3 atom stereocenters. The maximum Gasteiger partial charge on any atom is 0.252 e. The minimum absolute atomic E-state index is 0.0345. The van der Waals surface area contributed by atoms with Gasteiger partial charge in [-0.25, -0.2) is 14.4 Å². The third-order valence-corrected chi connectivity index (χ3v) is 7.15. The van der Waals surface area contributed by atoms with Crippen LogP contribution >= 0.6 is 0 Å². The first-order valence-electron chi connectivity index (χ1n) is 11.9. The number of hydrogen-bond donors (Lipinski definition) is 0. The van der Waals surface area contributed by atoms with Gasteiger partial charge in [0.2, 0.25) is 0 Å². The molecule has 1 aliphatic rings. The molecule has 36 heavy (non-hydrogen) atoms. The van der Waals surface area contributed by atoms with Crippen molar-refractivity contribution in [2.45, 2.75) is 32.0 Å². The average molecular weight is 486 g/mol. The highest BCUT2D eigenvalue weighted by molar-refractivity contribution is 5.89. The van der Waals surface area contributed by atoms with Gasteiger partial charge >= 0.3 is 0 Å². The van der Waals surface area contributed by atoms with E-state index < -0.39 is 0 Å². The zero-order valence-electron chi connectivity index (χ0n) is 20.8. The summed E-state index contributed by atoms with van der Waals surface area (Å²) in [4.78, 5) is 26.6. The number of halogens is 1. The molecule has 0 amide bonds. The van der Waals surface area contributed by atoms with Gasteiger partial charge in [0.15, 0.2) is 0 Å². The van der Waals surface area contributed by atoms with Crippen molar-refractivity contribution in [3.63, 3.8) is 0 Å². The molecule has 0 bridgehead atoms. The fourth-order valence-corrected chi connectivity index (χ4v) is 5.22. The molecule has 1 unspecified atom stereocenters. The summed E-state index contributed by atoms with van der Waals surface area (Å²) in [5.74, 6) is 0.610. The van der Waals surface area contributed by atoms with Crippen molar-refractivity contribution in [3.8, 4) is 6.07 Å². The number of anilines is 1. The maximum atomic E-state index is 13.7. The number of nitriles is 1. The summed E-state index contributed by atoms with van der Waals surface area (Å²) in [6, 6.07) is 13.7. The Morgan fingerprint density at radius 2 is 1.83 bits per heavy atom. The first kappa shape index (κ1) is 23.7. The third kappa shape index (κ3) is 4.03. The number of aromatic nitrogens is 4. The molecule has 0 aliphatic carbocycles. The number of imidazole rings is 1. The van der Waals surface area contributed by atoms with Gasteiger partial charge in [-0.1, -0.05) is 12.1 Å². The molecule has 4 aromatic rings. The Morgan fingerprint density at radius 3 is 2.50 bits per heavy atom. The second-order valence-corrected chi connectivity index (χ2v) is 9.50. The van der Waals surface area contributed by atoms with Gasteiger partial charge < -0.3 is 14.0 Å². The quantitative estimate of drug-likeness (QED) is 0.441. The fraction of sp³-hybridized carbons (Fsp3) is 0.333. The van der Waals surface area contributed by atoms with E-state index in [0.717, 1.165) is 17.1 Å². The summed E-state index contributed by atoms with van der Waals surface area (Å²) >= 11 is 0. The molecular weight excluding hydrogens is 457 g/mol. The highest BCUT2D eigenvalue weighted by atomic mass is 19.1. The van der Waals surface area contributed by atoms with E-state index in [1.165, 1.54) is 12.1 Å². The third-order valence-electron chi connectivity index (χ3n) is 7.15. The molecule has 0 saturated carbocycles. The minimum Gasteiger partial charge on any atom is -0.364 e. The number of fused-ring (bicyclic) bond motifs is 1. The molecule has 184 valence electrons. The number of benzene rings is 1. The monoisotopic (exact) mass is 485 g/mol. The Hall–Kier alpha value is -4.03. The average Bonchev–Trinajstić information content (AvgIpc) is 3.29. The summed E-state index contributed by atoms with van der Waals surface area (Å²) < 4.78 is 17.3. The lowest BCUT2D eigenvalue weighted by molar-refractivity contribution is 0.124. The zero-order chi connectivity index (χ0) is 25.6. The predicted octanol–water partition coefficient (Wildman–Crippen LogP) is 3.37. The van der Waals surface area contributed by atoms with E-state index in [1.807, 2.05) is 29.9 Å². The van der Waals surface area contributed by atoms with Crippen LogP contribution < -0.4 is 10.5 Å². The standard InChI is InChI=1S/C27H28FN7O/c1-17-16-35(26(27-30-11-12-32(27)3)19-5-7-20(28)8-6-19)18(2)15-34(17)23-13-24(36)33(4)22-10-9-21(14-29)31-25(22)23/h5-13,17-18,26H,15-16H2,1-4H3/t17-,18+,26?/m0/s1. The van der Waals surface area contributed by atoms with Gasteiger partial charge in [0.25, 0.3) is 5.56 Å². The number of rotatable bonds is 4. The van der Waals surface area contributed by atoms with Gasteiger partial charge in [-0.05, 0) is 43.7 Å². The van der Waals surface area contributed by atoms with Crippen molar-refractivity contribution in [2.24, 2.45) is 14.1 Å². The van der Waals surface area contributed by atoms with Crippen LogP contribution in [0.2, 0.25) is 0 Å². The fourth-order valence-electron chi connectivity index (χ4n) is 5.22. The minimum atomic E-state index is -0.273. The molecule has 0 N–H and O–H groups in total. The topological polar surface area (TPSA) is 83.0 Å². The van der Waals surface area contributed by atoms with Crippen molar-refractivity contribution in [1.82, 2.24) is 24.0 Å². The molecular formula is C27H28FN7O. The van der Waals surface area contributed by atoms with Crippen LogP contribution in [0.15, 0.2) is 59.7 Å². The number of pyridine rings is 2. The molecule has 0 radical (unpaired) electrons. The van der Waals surface area contributed by atoms with Crippen LogP contribution in [-0.4, -0.2) is 49.2 Å². The van der Waals surface area contributed by atoms with E-state index in [2.05, 4.69) is 39.7 Å². The van der Waals surface area contributed by atoms with Crippen LogP contribution in [0.5, 0.6) is 0 Å². The van der Waals surface area contributed by atoms with Crippen LogP contribution in [0.3, 0.4) is 0 Å². The summed E-state index contributed by atoms with van der Waals surface area (Å²) in [5, 5.41) is 9.42. The van der Waals surface area contributed by atoms with E-state index in [4.69, 9.17) is 0 Å². The lowest BCUT2D eigenvalue weighted by Crippen LogP contribution is -2.58. The van der Waals surface area contributed by atoms with Crippen LogP contribution in [-0.2, 0) is 14.1 Å². The van der Waals surface area contributed by atoms with Crippen LogP contribution in [0.25, 0.3) is 11.0 Å². The van der Waals surface area contributed by atoms with Crippen molar-refractivity contribution in [1.29, 1.82) is 5.26 Å². The molecule has 1 fully saturated rings. The van der Waals surface area contributed by atoms with Gasteiger partial charge in [0.05, 0.1) is 17.2 Å². The van der Waals surface area contributed by atoms with E-state index in [-0.39, 0.29) is 29.5 Å². The maximum absolute atomic E-state index is 13.7. The van der Waals surface area contributed by atoms with Crippen molar-refractivity contribution < 1.29 is 4.39 Å². The Morgan fingerprint density at radius 1 is 1.08 bits per heavy atom. The Bertz CT molecular complexity index is 1520. The summed E-state index contributed by atoms with van der Waals surface area (Å²) in [5.41, 5.74) is 3.23. The summed E-state index contributed by atoms with van der Waals surface area (Å²) in [6.45, 7) is 5.60. The molecule has 0 spiro atoms. The second kappa shape index (κ2) is 9.21. The molecule has 8 nitrogen and oxygen atoms in total. The number of nitrogens with zero attached hydrogens (tertiary/aromatic N) is 7. The van der Waals surface area contributed by atoms with Crippen molar-refractivity contribution in [3.05, 3.63) is 88.1 Å². The molecule has 3 aromatic heterocycles. The highest BCUT2D eigenvalue weighted by Crippen LogP contribution is 2.35. The normalized spacial score (nSPS) is 19.4. The van der Waals surface area contributed by atoms with Crippen molar-refractivity contribution in [2.75, 3.05) is 18.0 Å². The summed E-state index contributed by atoms with van der Waals surface area (Å²) in [6.07, 6.45) is 3.70. The molecule has 1 saturated heterocycles. The smallest absolute Gasteiger partial charge is 0.252 e. The van der Waals surface area contributed by atoms with Crippen LogP contribution in [0.4, 0.5) is 10.1 Å². The lowest BCUT2D eigenvalue weighted by atomic mass is 9.98. The van der Waals surface area contributed by atoms with Crippen LogP contribution in [0, 0.1) is 17.1 Å². The number of aryl methyl sites for hydroxylation is 2. The number of hydrogen-bond acceptors (Lipinski definition) is 6. The van der Waals surface area contributed by atoms with Crippen molar-refractivity contribution >= 4 is 16.7 Å². The van der Waals surface area contributed by atoms with Gasteiger partial charge in [-0.3, -0.25) is 9.69 Å². The Balaban J connectivity index is 1.56. The van der Waals surface area contributed by atoms with E-state index >= 15 is 0 Å². The number of piperazine rings is 1. The predicted molar refractivity (Wildman–Crippen MR) is 136 cm³/mol. The molecule has 4 heterocycles. The van der Waals surface area contributed by atoms with E-state index in [1.54, 1.807) is 36.0 Å². The first-order valence-corrected chi connectivity index (χ1v) is 11.9. The molecule has 5 rings (SSSR count).